The molecule has 2 rings (SSSR count). The number of hydrogen-bond acceptors (Lipinski definition) is 4. The highest BCUT2D eigenvalue weighted by molar-refractivity contribution is 5.68. The van der Waals surface area contributed by atoms with E-state index in [1.54, 1.807) is 24.9 Å². The summed E-state index contributed by atoms with van der Waals surface area (Å²) in [6, 6.07) is 0. The first kappa shape index (κ1) is 14.8. The van der Waals surface area contributed by atoms with E-state index in [0.29, 0.717) is 19.6 Å². The predicted octanol–water partition coefficient (Wildman–Crippen LogP) is 1.86. The number of hydrogen-bond donors (Lipinski definition) is 1. The third-order valence-corrected chi connectivity index (χ3v) is 3.14. The van der Waals surface area contributed by atoms with Gasteiger partial charge in [0.2, 0.25) is 0 Å². The van der Waals surface area contributed by atoms with Gasteiger partial charge in [0.15, 0.2) is 0 Å². The molecule has 112 valence electrons. The molecule has 0 aliphatic carbocycles. The molecule has 6 nitrogen and oxygen atoms in total. The van der Waals surface area contributed by atoms with Crippen LogP contribution in [-0.4, -0.2) is 37.8 Å². The van der Waals surface area contributed by atoms with Crippen molar-refractivity contribution in [2.75, 3.05) is 6.54 Å². The first-order chi connectivity index (χ1) is 9.08. The fourth-order valence-corrected chi connectivity index (χ4v) is 2.23. The molecule has 1 aliphatic heterocycles. The van der Waals surface area contributed by atoms with Crippen molar-refractivity contribution in [3.05, 3.63) is 17.7 Å². The number of ether oxygens (including phenoxy) is 1. The summed E-state index contributed by atoms with van der Waals surface area (Å²) in [6.07, 6.45) is 1.35. The second kappa shape index (κ2) is 4.77. The van der Waals surface area contributed by atoms with E-state index in [2.05, 4.69) is 4.98 Å². The molecular weight excluding hydrogens is 258 g/mol. The third kappa shape index (κ3) is 3.12. The molecular formula is C14H23N3O3. The summed E-state index contributed by atoms with van der Waals surface area (Å²) in [5.74, 6) is 0.777. The van der Waals surface area contributed by atoms with Gasteiger partial charge in [-0.2, -0.15) is 0 Å². The van der Waals surface area contributed by atoms with Crippen LogP contribution in [-0.2, 0) is 23.4 Å². The lowest BCUT2D eigenvalue weighted by atomic mass is 10.1. The number of imidazole rings is 1. The van der Waals surface area contributed by atoms with Gasteiger partial charge < -0.3 is 14.4 Å². The number of carbonyl (C=O) groups excluding carboxylic acids is 1. The second-order valence-corrected chi connectivity index (χ2v) is 6.67. The van der Waals surface area contributed by atoms with Crippen LogP contribution in [0.1, 0.15) is 46.1 Å². The van der Waals surface area contributed by atoms with Crippen molar-refractivity contribution in [2.24, 2.45) is 0 Å². The molecule has 20 heavy (non-hydrogen) atoms. The van der Waals surface area contributed by atoms with Crippen molar-refractivity contribution in [1.82, 2.24) is 14.5 Å². The molecule has 0 fully saturated rings. The Balaban J connectivity index is 2.13. The lowest BCUT2D eigenvalue weighted by Crippen LogP contribution is -2.42. The molecule has 0 aromatic carbocycles. The van der Waals surface area contributed by atoms with Crippen LogP contribution in [0.2, 0.25) is 0 Å². The number of fused-ring (bicyclic) bond motifs is 1. The summed E-state index contributed by atoms with van der Waals surface area (Å²) in [5.41, 5.74) is -0.655. The highest BCUT2D eigenvalue weighted by Gasteiger charge is 2.30. The van der Waals surface area contributed by atoms with Gasteiger partial charge in [-0.1, -0.05) is 0 Å². The molecule has 1 N–H and O–H groups in total. The van der Waals surface area contributed by atoms with Gasteiger partial charge in [0, 0.05) is 13.1 Å². The Bertz CT molecular complexity index is 509. The van der Waals surface area contributed by atoms with Crippen LogP contribution in [0.3, 0.4) is 0 Å². The average molecular weight is 281 g/mol. The molecule has 0 bridgehead atoms. The zero-order valence-corrected chi connectivity index (χ0v) is 12.8. The second-order valence-electron chi connectivity index (χ2n) is 6.67. The fourth-order valence-electron chi connectivity index (χ4n) is 2.23. The van der Waals surface area contributed by atoms with Gasteiger partial charge in [0.05, 0.1) is 18.4 Å². The van der Waals surface area contributed by atoms with Gasteiger partial charge in [-0.15, -0.1) is 0 Å². The van der Waals surface area contributed by atoms with Gasteiger partial charge in [-0.05, 0) is 34.6 Å². The Hall–Kier alpha value is -1.56. The van der Waals surface area contributed by atoms with E-state index in [4.69, 9.17) is 4.74 Å². The Labute approximate surface area is 119 Å². The van der Waals surface area contributed by atoms with Crippen molar-refractivity contribution < 1.29 is 14.6 Å². The Morgan fingerprint density at radius 1 is 1.30 bits per heavy atom. The molecule has 1 aromatic heterocycles. The lowest BCUT2D eigenvalue weighted by Gasteiger charge is -2.32. The standard InChI is InChI=1S/C14H23N3O3/c1-13(2,3)20-12(18)16-6-7-17-10(14(4,5)19)8-15-11(17)9-16/h8,19H,6-7,9H2,1-5H3. The van der Waals surface area contributed by atoms with Gasteiger partial charge in [-0.3, -0.25) is 4.90 Å². The predicted molar refractivity (Wildman–Crippen MR) is 74.1 cm³/mol. The quantitative estimate of drug-likeness (QED) is 0.853. The maximum absolute atomic E-state index is 12.0. The van der Waals surface area contributed by atoms with E-state index in [1.165, 1.54) is 0 Å². The minimum Gasteiger partial charge on any atom is -0.444 e. The molecule has 0 saturated heterocycles. The molecule has 6 heteroatoms. The molecule has 1 aromatic rings. The van der Waals surface area contributed by atoms with Crippen LogP contribution in [0.5, 0.6) is 0 Å². The van der Waals surface area contributed by atoms with Gasteiger partial charge in [0.1, 0.15) is 17.0 Å². The molecule has 0 saturated carbocycles. The molecule has 1 aliphatic rings. The summed E-state index contributed by atoms with van der Waals surface area (Å²) in [4.78, 5) is 18.0. The van der Waals surface area contributed by atoms with E-state index in [9.17, 15) is 9.90 Å². The Morgan fingerprint density at radius 2 is 1.95 bits per heavy atom. The van der Waals surface area contributed by atoms with Crippen molar-refractivity contribution in [2.45, 2.75) is 58.9 Å². The summed E-state index contributed by atoms with van der Waals surface area (Å²) in [5, 5.41) is 10.1. The molecule has 0 unspecified atom stereocenters. The minimum absolute atomic E-state index is 0.323. The fraction of sp³-hybridized carbons (Fsp3) is 0.714. The van der Waals surface area contributed by atoms with Crippen LogP contribution in [0.15, 0.2) is 6.20 Å². The van der Waals surface area contributed by atoms with E-state index >= 15 is 0 Å². The number of aromatic nitrogens is 2. The van der Waals surface area contributed by atoms with Crippen molar-refractivity contribution in [1.29, 1.82) is 0 Å². The highest BCUT2D eigenvalue weighted by Crippen LogP contribution is 2.24. The van der Waals surface area contributed by atoms with Crippen LogP contribution >= 0.6 is 0 Å². The third-order valence-electron chi connectivity index (χ3n) is 3.14. The monoisotopic (exact) mass is 281 g/mol. The number of nitrogens with zero attached hydrogens (tertiary/aromatic N) is 3. The number of aliphatic hydroxyl groups is 1. The average Bonchev–Trinajstić information content (AvgIpc) is 2.68. The number of carbonyl (C=O) groups is 1. The summed E-state index contributed by atoms with van der Waals surface area (Å²) >= 11 is 0. The van der Waals surface area contributed by atoms with Crippen LogP contribution in [0, 0.1) is 0 Å². The molecule has 1 amide bonds. The van der Waals surface area contributed by atoms with E-state index in [0.717, 1.165) is 11.5 Å². The zero-order valence-electron chi connectivity index (χ0n) is 12.8. The summed E-state index contributed by atoms with van der Waals surface area (Å²) in [6.45, 7) is 10.6. The first-order valence-corrected chi connectivity index (χ1v) is 6.83. The van der Waals surface area contributed by atoms with Gasteiger partial charge in [0.25, 0.3) is 0 Å². The van der Waals surface area contributed by atoms with Crippen molar-refractivity contribution in [3.8, 4) is 0 Å². The zero-order chi connectivity index (χ0) is 15.1. The molecule has 0 atom stereocenters. The van der Waals surface area contributed by atoms with Gasteiger partial charge >= 0.3 is 6.09 Å². The normalized spacial score (nSPS) is 16.0. The Morgan fingerprint density at radius 3 is 2.50 bits per heavy atom. The first-order valence-electron chi connectivity index (χ1n) is 6.83. The number of rotatable bonds is 1. The van der Waals surface area contributed by atoms with E-state index < -0.39 is 11.2 Å². The maximum atomic E-state index is 12.0. The van der Waals surface area contributed by atoms with Gasteiger partial charge in [-0.25, -0.2) is 9.78 Å². The maximum Gasteiger partial charge on any atom is 0.410 e. The van der Waals surface area contributed by atoms with Crippen LogP contribution in [0.25, 0.3) is 0 Å². The number of amides is 1. The Kier molecular flexibility index (Phi) is 3.54. The minimum atomic E-state index is -0.931. The SMILES string of the molecule is CC(C)(C)OC(=O)N1CCn2c(C(C)(C)O)cnc2C1. The highest BCUT2D eigenvalue weighted by atomic mass is 16.6. The summed E-state index contributed by atoms with van der Waals surface area (Å²) in [7, 11) is 0. The van der Waals surface area contributed by atoms with Crippen LogP contribution < -0.4 is 0 Å². The smallest absolute Gasteiger partial charge is 0.410 e. The van der Waals surface area contributed by atoms with E-state index in [1.807, 2.05) is 25.3 Å². The summed E-state index contributed by atoms with van der Waals surface area (Å²) < 4.78 is 7.34. The lowest BCUT2D eigenvalue weighted by molar-refractivity contribution is 0.0184. The van der Waals surface area contributed by atoms with E-state index in [-0.39, 0.29) is 6.09 Å². The van der Waals surface area contributed by atoms with Crippen molar-refractivity contribution in [3.63, 3.8) is 0 Å². The van der Waals surface area contributed by atoms with Crippen LogP contribution in [0.4, 0.5) is 4.79 Å². The largest absolute Gasteiger partial charge is 0.444 e. The topological polar surface area (TPSA) is 67.6 Å². The molecule has 2 heterocycles. The molecule has 0 spiro atoms. The molecule has 0 radical (unpaired) electrons. The van der Waals surface area contributed by atoms with Crippen molar-refractivity contribution >= 4 is 6.09 Å².